The van der Waals surface area contributed by atoms with E-state index in [1.54, 1.807) is 11.9 Å². The van der Waals surface area contributed by atoms with Crippen LogP contribution >= 0.6 is 0 Å². The summed E-state index contributed by atoms with van der Waals surface area (Å²) in [5.41, 5.74) is 0.368. The maximum Gasteiger partial charge on any atom is 0.312 e. The van der Waals surface area contributed by atoms with E-state index < -0.39 is 12.4 Å². The highest BCUT2D eigenvalue weighted by Gasteiger charge is 2.30. The van der Waals surface area contributed by atoms with Crippen LogP contribution in [0.2, 0.25) is 0 Å². The highest BCUT2D eigenvalue weighted by molar-refractivity contribution is 5.93. The fraction of sp³-hybridized carbons (Fsp3) is 0.833. The van der Waals surface area contributed by atoms with Crippen LogP contribution in [0.5, 0.6) is 0 Å². The number of aliphatic carboxylic acids is 1. The van der Waals surface area contributed by atoms with Crippen LogP contribution < -0.4 is 0 Å². The molecular formula is C12H21NO3. The van der Waals surface area contributed by atoms with E-state index in [0.717, 1.165) is 25.7 Å². The monoisotopic (exact) mass is 227 g/mol. The van der Waals surface area contributed by atoms with Gasteiger partial charge in [0.2, 0.25) is 5.91 Å². The van der Waals surface area contributed by atoms with Crippen molar-refractivity contribution in [3.05, 3.63) is 0 Å². The van der Waals surface area contributed by atoms with Crippen LogP contribution in [0, 0.1) is 5.41 Å². The molecule has 0 radical (unpaired) electrons. The second kappa shape index (κ2) is 4.85. The molecule has 1 N–H and O–H groups in total. The normalized spacial score (nSPS) is 20.4. The first kappa shape index (κ1) is 13.0. The van der Waals surface area contributed by atoms with Crippen molar-refractivity contribution in [1.82, 2.24) is 4.90 Å². The second-order valence-corrected chi connectivity index (χ2v) is 5.47. The Balaban J connectivity index is 2.47. The molecule has 0 aromatic carbocycles. The Hall–Kier alpha value is -1.06. The first-order chi connectivity index (χ1) is 7.32. The maximum atomic E-state index is 11.6. The van der Waals surface area contributed by atoms with Crippen LogP contribution in [0.4, 0.5) is 0 Å². The third-order valence-corrected chi connectivity index (χ3v) is 3.55. The minimum Gasteiger partial charge on any atom is -0.481 e. The van der Waals surface area contributed by atoms with Crippen molar-refractivity contribution in [2.45, 2.75) is 52.0 Å². The Bertz CT molecular complexity index is 276. The molecule has 4 heteroatoms. The Morgan fingerprint density at radius 1 is 1.31 bits per heavy atom. The predicted octanol–water partition coefficient (Wildman–Crippen LogP) is 1.89. The number of carbonyl (C=O) groups is 2. The highest BCUT2D eigenvalue weighted by Crippen LogP contribution is 2.36. The lowest BCUT2D eigenvalue weighted by atomic mass is 9.75. The zero-order valence-corrected chi connectivity index (χ0v) is 10.3. The van der Waals surface area contributed by atoms with E-state index in [4.69, 9.17) is 5.11 Å². The Morgan fingerprint density at radius 3 is 2.25 bits per heavy atom. The van der Waals surface area contributed by atoms with Crippen molar-refractivity contribution >= 4 is 11.9 Å². The van der Waals surface area contributed by atoms with Gasteiger partial charge in [-0.1, -0.05) is 13.8 Å². The van der Waals surface area contributed by atoms with E-state index >= 15 is 0 Å². The predicted molar refractivity (Wildman–Crippen MR) is 61.1 cm³/mol. The Morgan fingerprint density at radius 2 is 1.81 bits per heavy atom. The molecule has 4 nitrogen and oxygen atoms in total. The quantitative estimate of drug-likeness (QED) is 0.749. The minimum atomic E-state index is -1.05. The van der Waals surface area contributed by atoms with Gasteiger partial charge in [0.05, 0.1) is 0 Å². The summed E-state index contributed by atoms with van der Waals surface area (Å²) in [4.78, 5) is 23.6. The zero-order chi connectivity index (χ0) is 12.3. The molecule has 1 aliphatic carbocycles. The van der Waals surface area contributed by atoms with E-state index in [9.17, 15) is 9.59 Å². The van der Waals surface area contributed by atoms with Crippen LogP contribution in [0.15, 0.2) is 0 Å². The molecule has 92 valence electrons. The van der Waals surface area contributed by atoms with E-state index in [2.05, 4.69) is 13.8 Å². The average molecular weight is 227 g/mol. The van der Waals surface area contributed by atoms with Gasteiger partial charge >= 0.3 is 5.97 Å². The topological polar surface area (TPSA) is 57.6 Å². The minimum absolute atomic E-state index is 0.222. The van der Waals surface area contributed by atoms with Gasteiger partial charge in [-0.15, -0.1) is 0 Å². The van der Waals surface area contributed by atoms with Crippen molar-refractivity contribution in [3.63, 3.8) is 0 Å². The summed E-state index contributed by atoms with van der Waals surface area (Å²) in [5.74, 6) is -1.33. The zero-order valence-electron chi connectivity index (χ0n) is 10.3. The highest BCUT2D eigenvalue weighted by atomic mass is 16.4. The van der Waals surface area contributed by atoms with Gasteiger partial charge < -0.3 is 10.0 Å². The number of carboxylic acids is 1. The van der Waals surface area contributed by atoms with Gasteiger partial charge in [0, 0.05) is 13.1 Å². The Labute approximate surface area is 96.6 Å². The number of rotatable bonds is 3. The van der Waals surface area contributed by atoms with Gasteiger partial charge in [0.15, 0.2) is 0 Å². The first-order valence-corrected chi connectivity index (χ1v) is 5.79. The molecule has 0 aromatic heterocycles. The van der Waals surface area contributed by atoms with Gasteiger partial charge in [0.1, 0.15) is 6.42 Å². The summed E-state index contributed by atoms with van der Waals surface area (Å²) >= 11 is 0. The number of hydrogen-bond donors (Lipinski definition) is 1. The van der Waals surface area contributed by atoms with Crippen LogP contribution in [0.1, 0.15) is 46.0 Å². The fourth-order valence-corrected chi connectivity index (χ4v) is 2.23. The van der Waals surface area contributed by atoms with Gasteiger partial charge in [0.25, 0.3) is 0 Å². The summed E-state index contributed by atoms with van der Waals surface area (Å²) in [7, 11) is 1.72. The lowest BCUT2D eigenvalue weighted by molar-refractivity contribution is -0.145. The Kier molecular flexibility index (Phi) is 3.94. The molecular weight excluding hydrogens is 206 g/mol. The fourth-order valence-electron chi connectivity index (χ4n) is 2.23. The summed E-state index contributed by atoms with van der Waals surface area (Å²) in [6.45, 7) is 4.48. The number of carboxylic acid groups (broad SMARTS) is 1. The van der Waals surface area contributed by atoms with Gasteiger partial charge in [-0.25, -0.2) is 0 Å². The molecule has 16 heavy (non-hydrogen) atoms. The standard InChI is InChI=1S/C12H21NO3/c1-12(2)6-4-9(5-7-12)13(3)10(14)8-11(15)16/h9H,4-8H2,1-3H3,(H,15,16). The van der Waals surface area contributed by atoms with E-state index in [0.29, 0.717) is 5.41 Å². The number of amides is 1. The molecule has 0 aliphatic heterocycles. The molecule has 0 spiro atoms. The van der Waals surface area contributed by atoms with Crippen molar-refractivity contribution in [1.29, 1.82) is 0 Å². The van der Waals surface area contributed by atoms with Crippen LogP contribution in [0.25, 0.3) is 0 Å². The maximum absolute atomic E-state index is 11.6. The van der Waals surface area contributed by atoms with Gasteiger partial charge in [-0.2, -0.15) is 0 Å². The molecule has 0 heterocycles. The third kappa shape index (κ3) is 3.51. The molecule has 1 aliphatic rings. The molecule has 0 aromatic rings. The largest absolute Gasteiger partial charge is 0.481 e. The van der Waals surface area contributed by atoms with Crippen LogP contribution in [-0.2, 0) is 9.59 Å². The molecule has 0 unspecified atom stereocenters. The second-order valence-electron chi connectivity index (χ2n) is 5.47. The van der Waals surface area contributed by atoms with Crippen molar-refractivity contribution in [3.8, 4) is 0 Å². The molecule has 1 rings (SSSR count). The number of carbonyl (C=O) groups excluding carboxylic acids is 1. The molecule has 1 fully saturated rings. The lowest BCUT2D eigenvalue weighted by Gasteiger charge is -2.38. The van der Waals surface area contributed by atoms with Crippen molar-refractivity contribution in [2.24, 2.45) is 5.41 Å². The van der Waals surface area contributed by atoms with Gasteiger partial charge in [-0.3, -0.25) is 9.59 Å². The summed E-state index contributed by atoms with van der Waals surface area (Å²) in [6, 6.07) is 0.222. The van der Waals surface area contributed by atoms with E-state index in [1.807, 2.05) is 0 Å². The molecule has 1 saturated carbocycles. The number of nitrogens with zero attached hydrogens (tertiary/aromatic N) is 1. The summed E-state index contributed by atoms with van der Waals surface area (Å²) in [6.07, 6.45) is 3.77. The SMILES string of the molecule is CN(C(=O)CC(=O)O)C1CCC(C)(C)CC1. The first-order valence-electron chi connectivity index (χ1n) is 5.79. The van der Waals surface area contributed by atoms with E-state index in [-0.39, 0.29) is 11.9 Å². The molecule has 0 atom stereocenters. The average Bonchev–Trinajstić information content (AvgIpc) is 2.15. The number of hydrogen-bond acceptors (Lipinski definition) is 2. The smallest absolute Gasteiger partial charge is 0.312 e. The third-order valence-electron chi connectivity index (χ3n) is 3.55. The lowest BCUT2D eigenvalue weighted by Crippen LogP contribution is -2.41. The van der Waals surface area contributed by atoms with Crippen LogP contribution in [-0.4, -0.2) is 35.0 Å². The van der Waals surface area contributed by atoms with Crippen molar-refractivity contribution in [2.75, 3.05) is 7.05 Å². The van der Waals surface area contributed by atoms with Gasteiger partial charge in [-0.05, 0) is 31.1 Å². The molecule has 0 bridgehead atoms. The summed E-state index contributed by atoms with van der Waals surface area (Å²) in [5, 5.41) is 8.57. The molecule has 1 amide bonds. The van der Waals surface area contributed by atoms with Crippen LogP contribution in [0.3, 0.4) is 0 Å². The summed E-state index contributed by atoms with van der Waals surface area (Å²) < 4.78 is 0. The van der Waals surface area contributed by atoms with Crippen molar-refractivity contribution < 1.29 is 14.7 Å². The van der Waals surface area contributed by atoms with E-state index in [1.165, 1.54) is 0 Å². The molecule has 0 saturated heterocycles.